The number of H-pyrrole nitrogens is 1. The molecule has 1 aromatic carbocycles. The molecule has 9 nitrogen and oxygen atoms in total. The number of carbonyl (C=O) groups excluding carboxylic acids is 3. The highest BCUT2D eigenvalue weighted by Gasteiger charge is 2.53. The van der Waals surface area contributed by atoms with Gasteiger partial charge in [-0.05, 0) is 42.9 Å². The molecule has 1 aromatic heterocycles. The third kappa shape index (κ3) is 3.77. The Morgan fingerprint density at radius 2 is 2.06 bits per heavy atom. The molecule has 2 aromatic rings. The largest absolute Gasteiger partial charge is 0.366 e. The van der Waals surface area contributed by atoms with Crippen LogP contribution in [0.15, 0.2) is 18.2 Å². The molecule has 0 radical (unpaired) electrons. The first-order valence-corrected chi connectivity index (χ1v) is 11.6. The molecular formula is C22H26ClN5O4. The molecule has 2 saturated heterocycles. The maximum atomic E-state index is 13.7. The highest BCUT2D eigenvalue weighted by molar-refractivity contribution is 6.22. The summed E-state index contributed by atoms with van der Waals surface area (Å²) in [6, 6.07) is 3.66. The number of nitrogens with zero attached hydrogens (tertiary/aromatic N) is 3. The summed E-state index contributed by atoms with van der Waals surface area (Å²) in [5.41, 5.74) is 1.72. The number of fused-ring (bicyclic) bond motifs is 2. The molecule has 1 saturated carbocycles. The third-order valence-corrected chi connectivity index (χ3v) is 7.46. The fraction of sp³-hybridized carbons (Fsp3) is 0.591. The molecule has 2 aliphatic heterocycles. The van der Waals surface area contributed by atoms with Crippen molar-refractivity contribution >= 4 is 40.2 Å². The number of alkyl halides is 1. The number of ether oxygens (including phenoxy) is 1. The van der Waals surface area contributed by atoms with Crippen LogP contribution in [0.1, 0.15) is 43.0 Å². The minimum absolute atomic E-state index is 0.00505. The van der Waals surface area contributed by atoms with Gasteiger partial charge in [-0.1, -0.05) is 25.0 Å². The highest BCUT2D eigenvalue weighted by atomic mass is 35.5. The Morgan fingerprint density at radius 1 is 1.28 bits per heavy atom. The molecule has 0 spiro atoms. The van der Waals surface area contributed by atoms with Gasteiger partial charge in [-0.2, -0.15) is 0 Å². The van der Waals surface area contributed by atoms with Gasteiger partial charge in [-0.15, -0.1) is 16.7 Å². The van der Waals surface area contributed by atoms with E-state index in [1.54, 1.807) is 18.2 Å². The maximum absolute atomic E-state index is 13.7. The summed E-state index contributed by atoms with van der Waals surface area (Å²) in [7, 11) is 0. The fourth-order valence-electron chi connectivity index (χ4n) is 5.21. The van der Waals surface area contributed by atoms with Gasteiger partial charge in [-0.25, -0.2) is 0 Å². The third-order valence-electron chi connectivity index (χ3n) is 7.08. The van der Waals surface area contributed by atoms with Gasteiger partial charge < -0.3 is 15.0 Å². The minimum atomic E-state index is -0.721. The van der Waals surface area contributed by atoms with E-state index in [0.29, 0.717) is 22.5 Å². The van der Waals surface area contributed by atoms with Gasteiger partial charge in [0.25, 0.3) is 5.91 Å². The van der Waals surface area contributed by atoms with Gasteiger partial charge in [0.15, 0.2) is 5.78 Å². The smallest absolute Gasteiger partial charge is 0.252 e. The molecular weight excluding hydrogens is 434 g/mol. The van der Waals surface area contributed by atoms with Crippen LogP contribution in [0.5, 0.6) is 0 Å². The van der Waals surface area contributed by atoms with Crippen molar-refractivity contribution < 1.29 is 19.1 Å². The van der Waals surface area contributed by atoms with Crippen LogP contribution in [0.2, 0.25) is 0 Å². The topological polar surface area (TPSA) is 117 Å². The first-order valence-electron chi connectivity index (χ1n) is 11.1. The van der Waals surface area contributed by atoms with Crippen molar-refractivity contribution in [3.63, 3.8) is 0 Å². The number of carbonyl (C=O) groups is 3. The predicted molar refractivity (Wildman–Crippen MR) is 116 cm³/mol. The molecule has 2 N–H and O–H groups in total. The molecule has 5 rings (SSSR count). The van der Waals surface area contributed by atoms with Crippen molar-refractivity contribution in [1.82, 2.24) is 25.6 Å². The van der Waals surface area contributed by atoms with Gasteiger partial charge >= 0.3 is 0 Å². The van der Waals surface area contributed by atoms with Crippen molar-refractivity contribution in [1.29, 1.82) is 0 Å². The van der Waals surface area contributed by atoms with E-state index in [1.165, 1.54) is 4.90 Å². The van der Waals surface area contributed by atoms with Crippen molar-refractivity contribution in [3.8, 4) is 0 Å². The summed E-state index contributed by atoms with van der Waals surface area (Å²) in [6.07, 6.45) is 3.21. The van der Waals surface area contributed by atoms with E-state index in [0.717, 1.165) is 25.7 Å². The predicted octanol–water partition coefficient (Wildman–Crippen LogP) is 1.67. The average Bonchev–Trinajstić information content (AvgIpc) is 3.49. The molecule has 32 heavy (non-hydrogen) atoms. The molecule has 1 aliphatic carbocycles. The van der Waals surface area contributed by atoms with Crippen LogP contribution >= 0.6 is 11.6 Å². The number of nitrogens with one attached hydrogen (secondary N) is 2. The molecule has 3 heterocycles. The van der Waals surface area contributed by atoms with Crippen LogP contribution in [-0.2, 0) is 14.3 Å². The number of Topliss-reactive ketones (excluding diaryl/α,β-unsaturated/α-hetero) is 1. The number of aromatic amines is 1. The Kier molecular flexibility index (Phi) is 5.63. The minimum Gasteiger partial charge on any atom is -0.366 e. The van der Waals surface area contributed by atoms with Crippen LogP contribution in [0.25, 0.3) is 11.0 Å². The lowest BCUT2D eigenvalue weighted by atomic mass is 9.78. The Balaban J connectivity index is 1.40. The Hall–Kier alpha value is -2.52. The summed E-state index contributed by atoms with van der Waals surface area (Å²) >= 11 is 6.40. The lowest BCUT2D eigenvalue weighted by molar-refractivity contribution is -0.139. The molecule has 4 atom stereocenters. The average molecular weight is 460 g/mol. The number of hydrogen-bond donors (Lipinski definition) is 2. The summed E-state index contributed by atoms with van der Waals surface area (Å²) in [4.78, 5) is 40.8. The van der Waals surface area contributed by atoms with E-state index in [1.807, 2.05) is 0 Å². The molecule has 3 fully saturated rings. The van der Waals surface area contributed by atoms with Crippen molar-refractivity contribution in [2.75, 3.05) is 13.2 Å². The summed E-state index contributed by atoms with van der Waals surface area (Å²) in [6.45, 7) is 2.41. The number of benzene rings is 1. The van der Waals surface area contributed by atoms with Gasteiger partial charge in [0.1, 0.15) is 30.3 Å². The molecule has 2 amide bonds. The second-order valence-electron chi connectivity index (χ2n) is 9.21. The van der Waals surface area contributed by atoms with Gasteiger partial charge in [0.2, 0.25) is 5.91 Å². The lowest BCUT2D eigenvalue weighted by Gasteiger charge is -2.35. The van der Waals surface area contributed by atoms with Crippen molar-refractivity contribution in [2.45, 2.75) is 56.2 Å². The van der Waals surface area contributed by atoms with Crippen LogP contribution in [-0.4, -0.2) is 74.6 Å². The van der Waals surface area contributed by atoms with Gasteiger partial charge in [-0.3, -0.25) is 19.5 Å². The molecule has 1 unspecified atom stereocenters. The number of ketones is 1. The standard InChI is InChI=1S/C22H26ClN5O4/c1-11-2-4-12(5-3-11)18(22(31)28-9-14(23)20-19(28)17(29)10-32-20)24-21(30)13-6-7-15-16(8-13)26-27-25-15/h6-8,11-12,14,18-20H,2-5,9-10H2,1H3,(H,24,30)(H,25,26,27)/t11-,12-,14-,18?,19+,20+/m0/s1. The molecule has 10 heteroatoms. The number of halogens is 1. The first-order chi connectivity index (χ1) is 15.4. The zero-order valence-corrected chi connectivity index (χ0v) is 18.5. The Morgan fingerprint density at radius 3 is 2.84 bits per heavy atom. The van der Waals surface area contributed by atoms with E-state index in [9.17, 15) is 14.4 Å². The Labute approximate surface area is 190 Å². The van der Waals surface area contributed by atoms with Crippen molar-refractivity contribution in [3.05, 3.63) is 23.8 Å². The number of hydrogen-bond acceptors (Lipinski definition) is 6. The van der Waals surface area contributed by atoms with E-state index in [4.69, 9.17) is 16.3 Å². The summed E-state index contributed by atoms with van der Waals surface area (Å²) < 4.78 is 5.53. The van der Waals surface area contributed by atoms with Gasteiger partial charge in [0.05, 0.1) is 10.9 Å². The summed E-state index contributed by atoms with van der Waals surface area (Å²) in [5.74, 6) is -0.123. The molecule has 170 valence electrons. The van der Waals surface area contributed by atoms with Crippen LogP contribution in [0.3, 0.4) is 0 Å². The number of likely N-dealkylation sites (tertiary alicyclic amines) is 1. The monoisotopic (exact) mass is 459 g/mol. The second-order valence-corrected chi connectivity index (χ2v) is 9.77. The molecule has 0 bridgehead atoms. The first kappa shape index (κ1) is 21.3. The normalized spacial score (nSPS) is 31.0. The lowest BCUT2D eigenvalue weighted by Crippen LogP contribution is -2.55. The van der Waals surface area contributed by atoms with Crippen molar-refractivity contribution in [2.24, 2.45) is 11.8 Å². The van der Waals surface area contributed by atoms with Crippen LogP contribution in [0.4, 0.5) is 0 Å². The number of amides is 2. The Bertz CT molecular complexity index is 1050. The molecule has 3 aliphatic rings. The zero-order chi connectivity index (χ0) is 22.4. The van der Waals surface area contributed by atoms with Crippen LogP contribution < -0.4 is 5.32 Å². The fourth-order valence-corrected chi connectivity index (χ4v) is 5.57. The second kappa shape index (κ2) is 8.44. The van der Waals surface area contributed by atoms with E-state index >= 15 is 0 Å². The summed E-state index contributed by atoms with van der Waals surface area (Å²) in [5, 5.41) is 13.0. The van der Waals surface area contributed by atoms with Gasteiger partial charge in [0, 0.05) is 12.1 Å². The zero-order valence-electron chi connectivity index (χ0n) is 17.8. The van der Waals surface area contributed by atoms with E-state index in [2.05, 4.69) is 27.7 Å². The maximum Gasteiger partial charge on any atom is 0.252 e. The van der Waals surface area contributed by atoms with E-state index in [-0.39, 0.29) is 36.7 Å². The highest BCUT2D eigenvalue weighted by Crippen LogP contribution is 2.35. The number of rotatable bonds is 4. The number of aromatic nitrogens is 3. The van der Waals surface area contributed by atoms with E-state index < -0.39 is 23.6 Å². The SMILES string of the molecule is C[C@H]1CC[C@H](C(NC(=O)c2ccc3nn[nH]c3c2)C(=O)N2C[C@H](Cl)[C@H]3OCC(=O)[C@H]32)CC1. The quantitative estimate of drug-likeness (QED) is 0.671. The van der Waals surface area contributed by atoms with Crippen LogP contribution in [0, 0.1) is 11.8 Å².